The fraction of sp³-hybridized carbons (Fsp3) is 0.471. The second kappa shape index (κ2) is 7.91. The fourth-order valence-corrected chi connectivity index (χ4v) is 2.73. The minimum Gasteiger partial charge on any atom is -0.362 e. The first-order chi connectivity index (χ1) is 11.7. The number of benzene rings is 1. The SMILES string of the molecule is CCCCC(C)(CNC(C)=O)Nc1nc(Cl)nc2cc(F)c(F)cc12. The molecular formula is C17H21ClF2N4O. The molecule has 1 amide bonds. The number of nitrogens with zero attached hydrogens (tertiary/aromatic N) is 2. The number of fused-ring (bicyclic) bond motifs is 1. The molecule has 25 heavy (non-hydrogen) atoms. The third-order valence-corrected chi connectivity index (χ3v) is 4.11. The smallest absolute Gasteiger partial charge is 0.224 e. The summed E-state index contributed by atoms with van der Waals surface area (Å²) in [7, 11) is 0. The van der Waals surface area contributed by atoms with Crippen molar-refractivity contribution in [2.24, 2.45) is 0 Å². The highest BCUT2D eigenvalue weighted by atomic mass is 35.5. The van der Waals surface area contributed by atoms with Crippen LogP contribution in [-0.2, 0) is 4.79 Å². The van der Waals surface area contributed by atoms with Gasteiger partial charge < -0.3 is 10.6 Å². The van der Waals surface area contributed by atoms with Gasteiger partial charge in [0.2, 0.25) is 11.2 Å². The molecule has 0 spiro atoms. The molecule has 8 heteroatoms. The number of hydrogen-bond acceptors (Lipinski definition) is 4. The maximum Gasteiger partial charge on any atom is 0.224 e. The van der Waals surface area contributed by atoms with Gasteiger partial charge in [-0.3, -0.25) is 4.79 Å². The number of carbonyl (C=O) groups is 1. The van der Waals surface area contributed by atoms with Gasteiger partial charge in [-0.05, 0) is 31.0 Å². The molecule has 0 radical (unpaired) electrons. The van der Waals surface area contributed by atoms with Gasteiger partial charge in [0.1, 0.15) is 5.82 Å². The summed E-state index contributed by atoms with van der Waals surface area (Å²) in [5, 5.41) is 6.28. The zero-order valence-electron chi connectivity index (χ0n) is 14.4. The minimum atomic E-state index is -1.000. The van der Waals surface area contributed by atoms with E-state index in [4.69, 9.17) is 11.6 Å². The minimum absolute atomic E-state index is 0.0709. The molecule has 0 aliphatic rings. The van der Waals surface area contributed by atoms with E-state index in [1.54, 1.807) is 0 Å². The Hall–Kier alpha value is -2.02. The average Bonchev–Trinajstić information content (AvgIpc) is 2.53. The van der Waals surface area contributed by atoms with E-state index in [2.05, 4.69) is 27.5 Å². The summed E-state index contributed by atoms with van der Waals surface area (Å²) >= 11 is 5.93. The molecule has 2 rings (SSSR count). The van der Waals surface area contributed by atoms with E-state index in [-0.39, 0.29) is 16.7 Å². The number of hydrogen-bond donors (Lipinski definition) is 2. The van der Waals surface area contributed by atoms with Gasteiger partial charge in [-0.25, -0.2) is 18.7 Å². The molecule has 1 aromatic heterocycles. The van der Waals surface area contributed by atoms with Crippen molar-refractivity contribution in [1.29, 1.82) is 0 Å². The third kappa shape index (κ3) is 4.98. The van der Waals surface area contributed by atoms with Crippen molar-refractivity contribution in [2.45, 2.75) is 45.6 Å². The van der Waals surface area contributed by atoms with E-state index >= 15 is 0 Å². The molecule has 2 aromatic rings. The Kier molecular flexibility index (Phi) is 6.11. The van der Waals surface area contributed by atoms with Gasteiger partial charge in [0.05, 0.1) is 11.1 Å². The zero-order valence-corrected chi connectivity index (χ0v) is 15.2. The topological polar surface area (TPSA) is 66.9 Å². The number of nitrogens with one attached hydrogen (secondary N) is 2. The van der Waals surface area contributed by atoms with Crippen molar-refractivity contribution in [1.82, 2.24) is 15.3 Å². The van der Waals surface area contributed by atoms with Gasteiger partial charge in [-0.15, -0.1) is 0 Å². The normalized spacial score (nSPS) is 13.5. The summed E-state index contributed by atoms with van der Waals surface area (Å²) in [6.07, 6.45) is 2.64. The van der Waals surface area contributed by atoms with Crippen LogP contribution in [0, 0.1) is 11.6 Å². The second-order valence-electron chi connectivity index (χ2n) is 6.32. The zero-order chi connectivity index (χ0) is 18.6. The van der Waals surface area contributed by atoms with Gasteiger partial charge in [-0.1, -0.05) is 19.8 Å². The van der Waals surface area contributed by atoms with Gasteiger partial charge in [0.15, 0.2) is 11.6 Å². The summed E-state index contributed by atoms with van der Waals surface area (Å²) in [5.74, 6) is -1.83. The van der Waals surface area contributed by atoms with Crippen LogP contribution in [0.2, 0.25) is 5.28 Å². The van der Waals surface area contributed by atoms with E-state index in [0.717, 1.165) is 31.4 Å². The Labute approximate surface area is 150 Å². The number of unbranched alkanes of at least 4 members (excludes halogenated alkanes) is 1. The molecular weight excluding hydrogens is 350 g/mol. The van der Waals surface area contributed by atoms with Gasteiger partial charge in [-0.2, -0.15) is 0 Å². The van der Waals surface area contributed by atoms with Crippen molar-refractivity contribution < 1.29 is 13.6 Å². The van der Waals surface area contributed by atoms with Crippen LogP contribution >= 0.6 is 11.6 Å². The summed E-state index contributed by atoms with van der Waals surface area (Å²) in [4.78, 5) is 19.4. The molecule has 1 unspecified atom stereocenters. The summed E-state index contributed by atoms with van der Waals surface area (Å²) in [6, 6.07) is 2.03. The first-order valence-corrected chi connectivity index (χ1v) is 8.47. The molecule has 0 aliphatic heterocycles. The number of anilines is 1. The molecule has 0 aliphatic carbocycles. The quantitative estimate of drug-likeness (QED) is 0.721. The molecule has 136 valence electrons. The van der Waals surface area contributed by atoms with Gasteiger partial charge >= 0.3 is 0 Å². The summed E-state index contributed by atoms with van der Waals surface area (Å²) < 4.78 is 27.2. The van der Waals surface area contributed by atoms with E-state index in [0.29, 0.717) is 17.7 Å². The lowest BCUT2D eigenvalue weighted by atomic mass is 9.94. The van der Waals surface area contributed by atoms with Crippen LogP contribution in [-0.4, -0.2) is 28.0 Å². The van der Waals surface area contributed by atoms with Crippen molar-refractivity contribution in [3.8, 4) is 0 Å². The predicted octanol–water partition coefficient (Wildman–Crippen LogP) is 4.06. The van der Waals surface area contributed by atoms with Gasteiger partial charge in [0.25, 0.3) is 0 Å². The Morgan fingerprint density at radius 2 is 1.96 bits per heavy atom. The highest BCUT2D eigenvalue weighted by Crippen LogP contribution is 2.28. The summed E-state index contributed by atoms with van der Waals surface area (Å²) in [6.45, 7) is 5.79. The molecule has 0 saturated heterocycles. The average molecular weight is 371 g/mol. The third-order valence-electron chi connectivity index (χ3n) is 3.94. The molecule has 1 atom stereocenters. The van der Waals surface area contributed by atoms with Crippen molar-refractivity contribution in [3.05, 3.63) is 29.1 Å². The van der Waals surface area contributed by atoms with Crippen LogP contribution in [0.4, 0.5) is 14.6 Å². The highest BCUT2D eigenvalue weighted by molar-refractivity contribution is 6.28. The molecule has 0 fully saturated rings. The first kappa shape index (κ1) is 19.3. The summed E-state index contributed by atoms with van der Waals surface area (Å²) in [5.41, 5.74) is -0.323. The van der Waals surface area contributed by atoms with Crippen LogP contribution in [0.1, 0.15) is 40.0 Å². The maximum atomic E-state index is 13.7. The Balaban J connectivity index is 2.43. The number of halogens is 3. The molecule has 1 aromatic carbocycles. The largest absolute Gasteiger partial charge is 0.362 e. The van der Waals surface area contributed by atoms with Crippen molar-refractivity contribution >= 4 is 34.2 Å². The Morgan fingerprint density at radius 3 is 2.60 bits per heavy atom. The Morgan fingerprint density at radius 1 is 1.28 bits per heavy atom. The van der Waals surface area contributed by atoms with Crippen LogP contribution in [0.15, 0.2) is 12.1 Å². The van der Waals surface area contributed by atoms with E-state index in [1.807, 2.05) is 6.92 Å². The molecule has 5 nitrogen and oxygen atoms in total. The molecule has 1 heterocycles. The van der Waals surface area contributed by atoms with Crippen molar-refractivity contribution in [2.75, 3.05) is 11.9 Å². The highest BCUT2D eigenvalue weighted by Gasteiger charge is 2.26. The maximum absolute atomic E-state index is 13.7. The van der Waals surface area contributed by atoms with Gasteiger partial charge in [0, 0.05) is 24.9 Å². The van der Waals surface area contributed by atoms with E-state index in [9.17, 15) is 13.6 Å². The fourth-order valence-electron chi connectivity index (χ4n) is 2.56. The Bertz CT molecular complexity index is 787. The lowest BCUT2D eigenvalue weighted by molar-refractivity contribution is -0.119. The second-order valence-corrected chi connectivity index (χ2v) is 6.66. The number of amides is 1. The van der Waals surface area contributed by atoms with Crippen LogP contribution < -0.4 is 10.6 Å². The predicted molar refractivity (Wildman–Crippen MR) is 94.7 cm³/mol. The lowest BCUT2D eigenvalue weighted by Crippen LogP contribution is -2.46. The number of carbonyl (C=O) groups excluding carboxylic acids is 1. The lowest BCUT2D eigenvalue weighted by Gasteiger charge is -2.32. The van der Waals surface area contributed by atoms with Crippen LogP contribution in [0.3, 0.4) is 0 Å². The molecule has 0 bridgehead atoms. The number of aromatic nitrogens is 2. The van der Waals surface area contributed by atoms with Crippen molar-refractivity contribution in [3.63, 3.8) is 0 Å². The van der Waals surface area contributed by atoms with E-state index in [1.165, 1.54) is 6.92 Å². The van der Waals surface area contributed by atoms with E-state index < -0.39 is 17.2 Å². The molecule has 0 saturated carbocycles. The van der Waals surface area contributed by atoms with Crippen LogP contribution in [0.25, 0.3) is 10.9 Å². The number of rotatable bonds is 7. The molecule has 2 N–H and O–H groups in total. The monoisotopic (exact) mass is 370 g/mol. The van der Waals surface area contributed by atoms with Crippen LogP contribution in [0.5, 0.6) is 0 Å². The first-order valence-electron chi connectivity index (χ1n) is 8.09. The standard InChI is InChI=1S/C17H21ClF2N4O/c1-4-5-6-17(3,9-21-10(2)25)24-15-11-7-12(19)13(20)8-14(11)22-16(18)23-15/h7-8H,4-6,9H2,1-3H3,(H,21,25)(H,22,23,24).